The number of H-pyrrole nitrogens is 1. The predicted molar refractivity (Wildman–Crippen MR) is 78.1 cm³/mol. The van der Waals surface area contributed by atoms with Gasteiger partial charge in [0, 0.05) is 24.4 Å². The average molecular weight is 272 g/mol. The van der Waals surface area contributed by atoms with E-state index in [4.69, 9.17) is 0 Å². The number of carbonyl (C=O) groups excluding carboxylic acids is 1. The molecule has 0 aliphatic heterocycles. The molecular formula is C17H24N2O. The van der Waals surface area contributed by atoms with Crippen molar-refractivity contribution in [2.45, 2.75) is 44.9 Å². The van der Waals surface area contributed by atoms with E-state index >= 15 is 0 Å². The molecule has 4 bridgehead atoms. The first-order valence-corrected chi connectivity index (χ1v) is 8.13. The molecule has 4 fully saturated rings. The second kappa shape index (κ2) is 4.64. The van der Waals surface area contributed by atoms with Crippen LogP contribution in [0.2, 0.25) is 0 Å². The van der Waals surface area contributed by atoms with E-state index in [1.807, 2.05) is 12.4 Å². The van der Waals surface area contributed by atoms with E-state index in [2.05, 4.69) is 16.4 Å². The van der Waals surface area contributed by atoms with Gasteiger partial charge < -0.3 is 10.3 Å². The maximum Gasteiger partial charge on any atom is 0.226 e. The molecule has 0 atom stereocenters. The van der Waals surface area contributed by atoms with Crippen molar-refractivity contribution in [2.75, 3.05) is 6.54 Å². The van der Waals surface area contributed by atoms with Gasteiger partial charge in [-0.1, -0.05) is 0 Å². The minimum absolute atomic E-state index is 0.00684. The molecule has 1 aromatic rings. The molecule has 5 rings (SSSR count). The fraction of sp³-hybridized carbons (Fsp3) is 0.706. The lowest BCUT2D eigenvalue weighted by molar-refractivity contribution is -0.146. The number of amides is 1. The summed E-state index contributed by atoms with van der Waals surface area (Å²) in [6, 6.07) is 2.08. The number of aromatic amines is 1. The van der Waals surface area contributed by atoms with Crippen molar-refractivity contribution in [3.8, 4) is 0 Å². The molecule has 1 amide bonds. The van der Waals surface area contributed by atoms with Gasteiger partial charge in [-0.15, -0.1) is 0 Å². The van der Waals surface area contributed by atoms with Crippen molar-refractivity contribution in [3.63, 3.8) is 0 Å². The van der Waals surface area contributed by atoms with Crippen molar-refractivity contribution in [1.82, 2.24) is 10.3 Å². The van der Waals surface area contributed by atoms with Crippen molar-refractivity contribution in [1.29, 1.82) is 0 Å². The maximum absolute atomic E-state index is 12.7. The third-order valence-electron chi connectivity index (χ3n) is 5.88. The molecule has 0 unspecified atom stereocenters. The van der Waals surface area contributed by atoms with Gasteiger partial charge in [0.2, 0.25) is 5.91 Å². The van der Waals surface area contributed by atoms with E-state index in [0.29, 0.717) is 5.91 Å². The third kappa shape index (κ3) is 2.07. The van der Waals surface area contributed by atoms with Crippen LogP contribution in [0.5, 0.6) is 0 Å². The van der Waals surface area contributed by atoms with Gasteiger partial charge in [0.25, 0.3) is 0 Å². The summed E-state index contributed by atoms with van der Waals surface area (Å²) >= 11 is 0. The maximum atomic E-state index is 12.7. The Labute approximate surface area is 120 Å². The third-order valence-corrected chi connectivity index (χ3v) is 5.88. The summed E-state index contributed by atoms with van der Waals surface area (Å²) in [6.45, 7) is 0.776. The molecule has 3 nitrogen and oxygen atoms in total. The zero-order valence-corrected chi connectivity index (χ0v) is 12.0. The van der Waals surface area contributed by atoms with Crippen molar-refractivity contribution in [3.05, 3.63) is 24.0 Å². The van der Waals surface area contributed by atoms with Crippen LogP contribution in [0.3, 0.4) is 0 Å². The summed E-state index contributed by atoms with van der Waals surface area (Å²) in [4.78, 5) is 15.8. The number of aromatic nitrogens is 1. The van der Waals surface area contributed by atoms with Gasteiger partial charge in [-0.05, 0) is 74.3 Å². The second-order valence-electron chi connectivity index (χ2n) is 7.42. The van der Waals surface area contributed by atoms with Crippen LogP contribution in [0.15, 0.2) is 18.5 Å². The second-order valence-corrected chi connectivity index (χ2v) is 7.42. The molecule has 1 aromatic heterocycles. The number of nitrogens with one attached hydrogen (secondary N) is 2. The highest BCUT2D eigenvalue weighted by Crippen LogP contribution is 2.60. The van der Waals surface area contributed by atoms with Gasteiger partial charge in [-0.2, -0.15) is 0 Å². The quantitative estimate of drug-likeness (QED) is 0.869. The summed E-state index contributed by atoms with van der Waals surface area (Å²) in [6.07, 6.45) is 12.6. The van der Waals surface area contributed by atoms with E-state index in [0.717, 1.165) is 50.0 Å². The van der Waals surface area contributed by atoms with Crippen LogP contribution in [0.25, 0.3) is 0 Å². The van der Waals surface area contributed by atoms with Crippen LogP contribution in [0.1, 0.15) is 44.1 Å². The largest absolute Gasteiger partial charge is 0.367 e. The Morgan fingerprint density at radius 1 is 1.20 bits per heavy atom. The molecule has 4 aliphatic carbocycles. The molecule has 108 valence electrons. The van der Waals surface area contributed by atoms with Crippen molar-refractivity contribution < 1.29 is 4.79 Å². The van der Waals surface area contributed by atoms with Crippen LogP contribution in [0, 0.1) is 23.2 Å². The Balaban J connectivity index is 1.38. The highest BCUT2D eigenvalue weighted by molar-refractivity contribution is 5.83. The average Bonchev–Trinajstić information content (AvgIpc) is 2.90. The Hall–Kier alpha value is -1.25. The molecule has 0 aromatic carbocycles. The summed E-state index contributed by atoms with van der Waals surface area (Å²) < 4.78 is 0. The van der Waals surface area contributed by atoms with E-state index in [-0.39, 0.29) is 5.41 Å². The lowest BCUT2D eigenvalue weighted by Crippen LogP contribution is -2.53. The monoisotopic (exact) mass is 272 g/mol. The highest BCUT2D eigenvalue weighted by atomic mass is 16.2. The fourth-order valence-corrected chi connectivity index (χ4v) is 5.41. The number of hydrogen-bond donors (Lipinski definition) is 2. The highest BCUT2D eigenvalue weighted by Gasteiger charge is 2.54. The summed E-state index contributed by atoms with van der Waals surface area (Å²) in [5.74, 6) is 2.89. The Morgan fingerprint density at radius 3 is 2.40 bits per heavy atom. The van der Waals surface area contributed by atoms with Crippen LogP contribution < -0.4 is 5.32 Å². The van der Waals surface area contributed by atoms with Crippen LogP contribution in [0.4, 0.5) is 0 Å². The number of rotatable bonds is 4. The first-order valence-electron chi connectivity index (χ1n) is 8.13. The van der Waals surface area contributed by atoms with Gasteiger partial charge in [0.05, 0.1) is 0 Å². The Bertz CT molecular complexity index is 456. The first-order chi connectivity index (χ1) is 9.73. The van der Waals surface area contributed by atoms with Crippen LogP contribution >= 0.6 is 0 Å². The number of hydrogen-bond acceptors (Lipinski definition) is 1. The zero-order chi connectivity index (χ0) is 13.6. The molecular weight excluding hydrogens is 248 g/mol. The normalized spacial score (nSPS) is 38.1. The summed E-state index contributed by atoms with van der Waals surface area (Å²) in [5.41, 5.74) is 1.28. The topological polar surface area (TPSA) is 44.9 Å². The Morgan fingerprint density at radius 2 is 1.85 bits per heavy atom. The molecule has 1 heterocycles. The SMILES string of the molecule is O=C(NCCc1cc[nH]c1)C12CC3CC(CC(C3)C1)C2. The molecule has 0 radical (unpaired) electrons. The zero-order valence-electron chi connectivity index (χ0n) is 12.0. The lowest BCUT2D eigenvalue weighted by Gasteiger charge is -2.55. The van der Waals surface area contributed by atoms with Crippen LogP contribution in [-0.4, -0.2) is 17.4 Å². The smallest absolute Gasteiger partial charge is 0.226 e. The fourth-order valence-electron chi connectivity index (χ4n) is 5.41. The number of carbonyl (C=O) groups is 1. The molecule has 4 saturated carbocycles. The summed E-state index contributed by atoms with van der Waals surface area (Å²) in [5, 5.41) is 3.23. The molecule has 20 heavy (non-hydrogen) atoms. The van der Waals surface area contributed by atoms with Crippen molar-refractivity contribution in [2.24, 2.45) is 23.2 Å². The minimum atomic E-state index is 0.00684. The van der Waals surface area contributed by atoms with E-state index in [1.165, 1.54) is 24.8 Å². The minimum Gasteiger partial charge on any atom is -0.367 e. The van der Waals surface area contributed by atoms with E-state index in [9.17, 15) is 4.79 Å². The van der Waals surface area contributed by atoms with Crippen LogP contribution in [-0.2, 0) is 11.2 Å². The molecule has 0 spiro atoms. The lowest BCUT2D eigenvalue weighted by atomic mass is 9.49. The van der Waals surface area contributed by atoms with Crippen molar-refractivity contribution >= 4 is 5.91 Å². The van der Waals surface area contributed by atoms with E-state index in [1.54, 1.807) is 0 Å². The van der Waals surface area contributed by atoms with Gasteiger partial charge in [0.1, 0.15) is 0 Å². The van der Waals surface area contributed by atoms with E-state index < -0.39 is 0 Å². The molecule has 4 aliphatic rings. The Kier molecular flexibility index (Phi) is 2.90. The standard InChI is InChI=1S/C17H24N2O/c20-16(19-4-2-12-1-3-18-11-12)17-8-13-5-14(9-17)7-15(6-13)10-17/h1,3,11,13-15,18H,2,4-10H2,(H,19,20). The molecule has 2 N–H and O–H groups in total. The summed E-state index contributed by atoms with van der Waals surface area (Å²) in [7, 11) is 0. The van der Waals surface area contributed by atoms with Gasteiger partial charge in [-0.3, -0.25) is 4.79 Å². The van der Waals surface area contributed by atoms with Gasteiger partial charge in [-0.25, -0.2) is 0 Å². The molecule has 0 saturated heterocycles. The van der Waals surface area contributed by atoms with Gasteiger partial charge >= 0.3 is 0 Å². The van der Waals surface area contributed by atoms with Gasteiger partial charge in [0.15, 0.2) is 0 Å². The molecule has 3 heteroatoms. The predicted octanol–water partition coefficient (Wildman–Crippen LogP) is 2.89. The first kappa shape index (κ1) is 12.5.